The van der Waals surface area contributed by atoms with Crippen LogP contribution >= 0.6 is 0 Å². The summed E-state index contributed by atoms with van der Waals surface area (Å²) in [5.41, 5.74) is 1.64. The predicted molar refractivity (Wildman–Crippen MR) is 118 cm³/mol. The maximum absolute atomic E-state index is 13.0. The number of likely N-dealkylation sites (tertiary alicyclic amines) is 1. The molecule has 0 radical (unpaired) electrons. The van der Waals surface area contributed by atoms with Crippen LogP contribution in [-0.4, -0.2) is 60.8 Å². The van der Waals surface area contributed by atoms with Crippen molar-refractivity contribution < 1.29 is 34.0 Å². The van der Waals surface area contributed by atoms with Gasteiger partial charge in [-0.25, -0.2) is 0 Å². The van der Waals surface area contributed by atoms with E-state index in [1.807, 2.05) is 6.92 Å². The summed E-state index contributed by atoms with van der Waals surface area (Å²) in [5.74, 6) is -1.01. The molecule has 1 saturated heterocycles. The second-order valence-corrected chi connectivity index (χ2v) is 7.33. The second kappa shape index (κ2) is 9.74. The normalized spacial score (nSPS) is 17.6. The number of carbonyl (C=O) groups excluding carboxylic acids is 2. The molecule has 1 heterocycles. The van der Waals surface area contributed by atoms with Crippen LogP contribution in [0.25, 0.3) is 5.76 Å². The van der Waals surface area contributed by atoms with Crippen LogP contribution in [0, 0.1) is 6.92 Å². The Morgan fingerprint density at radius 3 is 2.47 bits per heavy atom. The van der Waals surface area contributed by atoms with Gasteiger partial charge in [0.05, 0.1) is 31.9 Å². The van der Waals surface area contributed by atoms with E-state index < -0.39 is 17.7 Å². The number of carbonyl (C=O) groups is 2. The maximum Gasteiger partial charge on any atom is 0.295 e. The van der Waals surface area contributed by atoms with Crippen LogP contribution in [0.4, 0.5) is 0 Å². The molecule has 0 unspecified atom stereocenters. The molecule has 0 spiro atoms. The Kier molecular flexibility index (Phi) is 7.05. The summed E-state index contributed by atoms with van der Waals surface area (Å²) >= 11 is 0. The van der Waals surface area contributed by atoms with E-state index in [9.17, 15) is 19.8 Å². The fourth-order valence-electron chi connectivity index (χ4n) is 3.80. The van der Waals surface area contributed by atoms with Gasteiger partial charge in [-0.3, -0.25) is 9.59 Å². The number of hydrogen-bond acceptors (Lipinski definition) is 7. The highest BCUT2D eigenvalue weighted by Crippen LogP contribution is 2.42. The maximum atomic E-state index is 13.0. The molecule has 0 saturated carbocycles. The number of aliphatic hydroxyl groups is 1. The fraction of sp³-hybridized carbons (Fsp3) is 0.333. The van der Waals surface area contributed by atoms with E-state index in [2.05, 4.69) is 0 Å². The van der Waals surface area contributed by atoms with Gasteiger partial charge in [-0.15, -0.1) is 0 Å². The summed E-state index contributed by atoms with van der Waals surface area (Å²) in [6, 6.07) is 8.75. The zero-order valence-corrected chi connectivity index (χ0v) is 18.5. The smallest absolute Gasteiger partial charge is 0.295 e. The third kappa shape index (κ3) is 4.27. The number of phenols is 1. The number of aliphatic hydroxyl groups excluding tert-OH is 1. The Labute approximate surface area is 186 Å². The number of ketones is 1. The molecule has 2 N–H and O–H groups in total. The van der Waals surface area contributed by atoms with Crippen molar-refractivity contribution in [2.75, 3.05) is 34.0 Å². The van der Waals surface area contributed by atoms with Crippen molar-refractivity contribution in [3.05, 3.63) is 58.7 Å². The van der Waals surface area contributed by atoms with Crippen molar-refractivity contribution in [3.63, 3.8) is 0 Å². The van der Waals surface area contributed by atoms with Gasteiger partial charge in [0.15, 0.2) is 11.5 Å². The average molecular weight is 441 g/mol. The number of benzene rings is 2. The number of aromatic hydroxyl groups is 1. The topological polar surface area (TPSA) is 106 Å². The minimum Gasteiger partial charge on any atom is -0.507 e. The first-order valence-corrected chi connectivity index (χ1v) is 10.2. The first-order chi connectivity index (χ1) is 15.3. The molecule has 1 aliphatic rings. The zero-order chi connectivity index (χ0) is 23.4. The monoisotopic (exact) mass is 441 g/mol. The first kappa shape index (κ1) is 23.1. The number of amides is 1. The van der Waals surface area contributed by atoms with Gasteiger partial charge in [-0.2, -0.15) is 0 Å². The molecule has 8 heteroatoms. The van der Waals surface area contributed by atoms with Crippen molar-refractivity contribution in [2.24, 2.45) is 0 Å². The largest absolute Gasteiger partial charge is 0.507 e. The van der Waals surface area contributed by atoms with E-state index in [0.717, 1.165) is 5.56 Å². The van der Waals surface area contributed by atoms with Gasteiger partial charge < -0.3 is 29.3 Å². The summed E-state index contributed by atoms with van der Waals surface area (Å²) in [4.78, 5) is 27.2. The van der Waals surface area contributed by atoms with Gasteiger partial charge >= 0.3 is 0 Å². The molecule has 8 nitrogen and oxygen atoms in total. The SMILES string of the molecule is CCOc1cc([C@@H]2C(=C(O)c3ccc(OC)c(C)c3)C(=O)C(=O)N2CCOC)ccc1O. The third-order valence-corrected chi connectivity index (χ3v) is 5.34. The van der Waals surface area contributed by atoms with Crippen LogP contribution in [0.5, 0.6) is 17.2 Å². The summed E-state index contributed by atoms with van der Waals surface area (Å²) in [6.45, 7) is 4.28. The van der Waals surface area contributed by atoms with Gasteiger partial charge in [0.2, 0.25) is 0 Å². The molecule has 32 heavy (non-hydrogen) atoms. The molecule has 1 aliphatic heterocycles. The van der Waals surface area contributed by atoms with Crippen LogP contribution in [0.15, 0.2) is 42.0 Å². The Hall–Kier alpha value is -3.52. The molecule has 0 aliphatic carbocycles. The first-order valence-electron chi connectivity index (χ1n) is 10.2. The van der Waals surface area contributed by atoms with E-state index in [4.69, 9.17) is 14.2 Å². The predicted octanol–water partition coefficient (Wildman–Crippen LogP) is 3.18. The molecular weight excluding hydrogens is 414 g/mol. The molecule has 0 bridgehead atoms. The number of ether oxygens (including phenoxy) is 3. The van der Waals surface area contributed by atoms with Gasteiger partial charge in [0.1, 0.15) is 11.5 Å². The highest BCUT2D eigenvalue weighted by atomic mass is 16.5. The quantitative estimate of drug-likeness (QED) is 0.368. The third-order valence-electron chi connectivity index (χ3n) is 5.34. The molecular formula is C24H27NO7. The standard InChI is InChI=1S/C24H27NO7/c1-5-32-19-13-15(6-8-17(19)26)21-20(23(28)24(29)25(21)10-11-30-3)22(27)16-7-9-18(31-4)14(2)12-16/h6-9,12-13,21,26-27H,5,10-11H2,1-4H3/t21-/m1/s1. The lowest BCUT2D eigenvalue weighted by Crippen LogP contribution is -2.32. The molecule has 2 aromatic carbocycles. The Balaban J connectivity index is 2.19. The number of Topliss-reactive ketones (excluding diaryl/α,β-unsaturated/α-hetero) is 1. The molecule has 0 aromatic heterocycles. The van der Waals surface area contributed by atoms with Crippen LogP contribution in [0.3, 0.4) is 0 Å². The molecule has 170 valence electrons. The highest BCUT2D eigenvalue weighted by Gasteiger charge is 2.46. The lowest BCUT2D eigenvalue weighted by molar-refractivity contribution is -0.140. The number of hydrogen-bond donors (Lipinski definition) is 2. The van der Waals surface area contributed by atoms with Crippen molar-refractivity contribution in [2.45, 2.75) is 19.9 Å². The van der Waals surface area contributed by atoms with Crippen LogP contribution in [-0.2, 0) is 14.3 Å². The van der Waals surface area contributed by atoms with Gasteiger partial charge in [0, 0.05) is 19.2 Å². The van der Waals surface area contributed by atoms with Crippen molar-refractivity contribution in [1.82, 2.24) is 4.90 Å². The summed E-state index contributed by atoms with van der Waals surface area (Å²) in [5, 5.41) is 21.2. The van der Waals surface area contributed by atoms with E-state index in [0.29, 0.717) is 23.5 Å². The van der Waals surface area contributed by atoms with E-state index in [1.54, 1.807) is 44.4 Å². The molecule has 1 amide bonds. The molecule has 1 fully saturated rings. The number of rotatable bonds is 8. The molecule has 3 rings (SSSR count). The van der Waals surface area contributed by atoms with Gasteiger partial charge in [-0.1, -0.05) is 6.07 Å². The minimum atomic E-state index is -0.868. The van der Waals surface area contributed by atoms with E-state index in [1.165, 1.54) is 18.1 Å². The van der Waals surface area contributed by atoms with Crippen molar-refractivity contribution >= 4 is 17.4 Å². The number of phenolic OH excluding ortho intramolecular Hbond substituents is 1. The minimum absolute atomic E-state index is 0.0381. The van der Waals surface area contributed by atoms with Crippen LogP contribution in [0.1, 0.15) is 29.7 Å². The lowest BCUT2D eigenvalue weighted by Gasteiger charge is -2.25. The van der Waals surface area contributed by atoms with Gasteiger partial charge in [-0.05, 0) is 55.3 Å². The highest BCUT2D eigenvalue weighted by molar-refractivity contribution is 6.46. The average Bonchev–Trinajstić information content (AvgIpc) is 3.03. The lowest BCUT2D eigenvalue weighted by atomic mass is 9.94. The Morgan fingerprint density at radius 1 is 1.09 bits per heavy atom. The molecule has 2 aromatic rings. The Bertz CT molecular complexity index is 1060. The molecule has 1 atom stereocenters. The van der Waals surface area contributed by atoms with Crippen molar-refractivity contribution in [3.8, 4) is 17.2 Å². The van der Waals surface area contributed by atoms with Crippen molar-refractivity contribution in [1.29, 1.82) is 0 Å². The Morgan fingerprint density at radius 2 is 1.84 bits per heavy atom. The number of aryl methyl sites for hydroxylation is 1. The summed E-state index contributed by atoms with van der Waals surface area (Å²) < 4.78 is 15.8. The van der Waals surface area contributed by atoms with Gasteiger partial charge in [0.25, 0.3) is 11.7 Å². The van der Waals surface area contributed by atoms with Crippen LogP contribution < -0.4 is 9.47 Å². The zero-order valence-electron chi connectivity index (χ0n) is 18.5. The van der Waals surface area contributed by atoms with E-state index in [-0.39, 0.29) is 36.0 Å². The second-order valence-electron chi connectivity index (χ2n) is 7.33. The van der Waals surface area contributed by atoms with Crippen LogP contribution in [0.2, 0.25) is 0 Å². The summed E-state index contributed by atoms with van der Waals surface area (Å²) in [6.07, 6.45) is 0. The number of methoxy groups -OCH3 is 2. The number of nitrogens with zero attached hydrogens (tertiary/aromatic N) is 1. The summed E-state index contributed by atoms with van der Waals surface area (Å²) in [7, 11) is 3.05. The fourth-order valence-corrected chi connectivity index (χ4v) is 3.80. The van der Waals surface area contributed by atoms with E-state index >= 15 is 0 Å².